The van der Waals surface area contributed by atoms with Crippen LogP contribution < -0.4 is 0 Å². The minimum atomic E-state index is 0.858. The third-order valence-corrected chi connectivity index (χ3v) is 4.08. The molecule has 0 amide bonds. The van der Waals surface area contributed by atoms with E-state index in [9.17, 15) is 0 Å². The van der Waals surface area contributed by atoms with Crippen molar-refractivity contribution in [2.45, 2.75) is 50.9 Å². The molecule has 1 aromatic rings. The zero-order chi connectivity index (χ0) is 8.93. The molecule has 0 aromatic carbocycles. The Morgan fingerprint density at radius 2 is 1.77 bits per heavy atom. The predicted molar refractivity (Wildman–Crippen MR) is 58.4 cm³/mol. The molecule has 1 aliphatic carbocycles. The summed E-state index contributed by atoms with van der Waals surface area (Å²) in [5.41, 5.74) is 1.56. The lowest BCUT2D eigenvalue weighted by Crippen LogP contribution is -2.01. The lowest BCUT2D eigenvalue weighted by Gasteiger charge is -2.17. The van der Waals surface area contributed by atoms with Gasteiger partial charge in [-0.15, -0.1) is 0 Å². The van der Waals surface area contributed by atoms with Crippen molar-refractivity contribution in [2.75, 3.05) is 0 Å². The van der Waals surface area contributed by atoms with Crippen LogP contribution in [0.4, 0.5) is 0 Å². The number of hydrogen-bond donors (Lipinski definition) is 1. The fourth-order valence-electron chi connectivity index (χ4n) is 2.23. The van der Waals surface area contributed by atoms with Crippen molar-refractivity contribution in [2.24, 2.45) is 0 Å². The molecule has 1 aliphatic rings. The minimum absolute atomic E-state index is 0.858. The quantitative estimate of drug-likeness (QED) is 0.682. The lowest BCUT2D eigenvalue weighted by atomic mass is 9.92. The summed E-state index contributed by atoms with van der Waals surface area (Å²) in [4.78, 5) is 3.40. The maximum atomic E-state index is 3.40. The first-order valence-electron chi connectivity index (χ1n) is 5.46. The highest BCUT2D eigenvalue weighted by Crippen LogP contribution is 2.33. The molecule has 1 fully saturated rings. The van der Waals surface area contributed by atoms with Crippen LogP contribution in [0.3, 0.4) is 0 Å². The van der Waals surface area contributed by atoms with Crippen LogP contribution in [-0.2, 0) is 0 Å². The second kappa shape index (κ2) is 4.81. The Labute approximate surface area is 82.1 Å². The van der Waals surface area contributed by atoms with Crippen molar-refractivity contribution in [1.29, 1.82) is 0 Å². The topological polar surface area (TPSA) is 15.8 Å². The molecule has 0 unspecified atom stereocenters. The lowest BCUT2D eigenvalue weighted by molar-refractivity contribution is 0.454. The maximum absolute atomic E-state index is 3.40. The van der Waals surface area contributed by atoms with Gasteiger partial charge in [-0.2, -0.15) is 0 Å². The molecule has 1 saturated carbocycles. The minimum Gasteiger partial charge on any atom is -0.361 e. The van der Waals surface area contributed by atoms with Gasteiger partial charge >= 0.3 is 0 Å². The second-order valence-electron chi connectivity index (χ2n) is 4.02. The zero-order valence-electron chi connectivity index (χ0n) is 8.13. The normalized spacial score (nSPS) is 21.5. The molecule has 1 nitrogen and oxygen atoms in total. The standard InChI is InChI=1S/C11H18NP/c1-2-4-6-10(7-5-3-1)11-12-8-9-13-11/h8-10,12H,1-7H2. The van der Waals surface area contributed by atoms with Gasteiger partial charge in [-0.3, -0.25) is 0 Å². The third-order valence-electron chi connectivity index (χ3n) is 3.01. The summed E-state index contributed by atoms with van der Waals surface area (Å²) >= 11 is 0. The molecule has 1 aromatic heterocycles. The molecule has 0 bridgehead atoms. The van der Waals surface area contributed by atoms with Gasteiger partial charge in [0.25, 0.3) is 0 Å². The van der Waals surface area contributed by atoms with E-state index in [-0.39, 0.29) is 0 Å². The van der Waals surface area contributed by atoms with Crippen molar-refractivity contribution < 1.29 is 0 Å². The molecule has 0 aliphatic heterocycles. The average molecular weight is 195 g/mol. The van der Waals surface area contributed by atoms with E-state index in [4.69, 9.17) is 0 Å². The number of rotatable bonds is 1. The molecule has 0 atom stereocenters. The van der Waals surface area contributed by atoms with Gasteiger partial charge in [-0.25, -0.2) is 0 Å². The summed E-state index contributed by atoms with van der Waals surface area (Å²) in [5, 5.41) is 0. The van der Waals surface area contributed by atoms with E-state index in [1.54, 1.807) is 5.43 Å². The number of nitrogens with one attached hydrogen (secondary N) is 1. The average Bonchev–Trinajstić information content (AvgIpc) is 2.55. The van der Waals surface area contributed by atoms with Gasteiger partial charge < -0.3 is 4.98 Å². The van der Waals surface area contributed by atoms with Crippen molar-refractivity contribution in [1.82, 2.24) is 4.98 Å². The fraction of sp³-hybridized carbons (Fsp3) is 0.727. The molecule has 2 heteroatoms. The highest BCUT2D eigenvalue weighted by molar-refractivity contribution is 7.30. The summed E-state index contributed by atoms with van der Waals surface area (Å²) in [6, 6.07) is 0. The molecular weight excluding hydrogens is 177 g/mol. The molecule has 13 heavy (non-hydrogen) atoms. The Morgan fingerprint density at radius 1 is 1.08 bits per heavy atom. The van der Waals surface area contributed by atoms with Crippen LogP contribution in [0.5, 0.6) is 0 Å². The van der Waals surface area contributed by atoms with Crippen molar-refractivity contribution >= 4 is 8.19 Å². The summed E-state index contributed by atoms with van der Waals surface area (Å²) in [7, 11) is 1.42. The SMILES string of the molecule is c1cpc(C2CCCCCCC2)[nH]1. The first-order valence-corrected chi connectivity index (χ1v) is 6.42. The Hall–Kier alpha value is -0.290. The highest BCUT2D eigenvalue weighted by Gasteiger charge is 2.13. The number of aromatic nitrogens is 1. The Balaban J connectivity index is 1.96. The summed E-state index contributed by atoms with van der Waals surface area (Å²) < 4.78 is 0. The Bertz CT molecular complexity index is 222. The molecule has 1 N–H and O–H groups in total. The van der Waals surface area contributed by atoms with Crippen molar-refractivity contribution in [3.05, 3.63) is 17.4 Å². The van der Waals surface area contributed by atoms with Gasteiger partial charge in [-0.05, 0) is 18.6 Å². The summed E-state index contributed by atoms with van der Waals surface area (Å²) in [5.74, 6) is 3.07. The number of aromatic amines is 1. The van der Waals surface area contributed by atoms with E-state index in [1.807, 2.05) is 0 Å². The van der Waals surface area contributed by atoms with Gasteiger partial charge in [0.15, 0.2) is 0 Å². The fourth-order valence-corrected chi connectivity index (χ4v) is 3.16. The molecule has 0 spiro atoms. The van der Waals surface area contributed by atoms with Gasteiger partial charge in [0.2, 0.25) is 0 Å². The van der Waals surface area contributed by atoms with Gasteiger partial charge in [0.05, 0.1) is 0 Å². The van der Waals surface area contributed by atoms with Crippen LogP contribution in [0.15, 0.2) is 12.0 Å². The van der Waals surface area contributed by atoms with E-state index >= 15 is 0 Å². The molecular formula is C11H18NP. The summed E-state index contributed by atoms with van der Waals surface area (Å²) in [6.45, 7) is 0. The maximum Gasteiger partial charge on any atom is 0.0455 e. The predicted octanol–water partition coefficient (Wildman–Crippen LogP) is 4.42. The first kappa shape index (κ1) is 9.27. The van der Waals surface area contributed by atoms with Crippen LogP contribution >= 0.6 is 8.19 Å². The van der Waals surface area contributed by atoms with Crippen molar-refractivity contribution in [3.63, 3.8) is 0 Å². The summed E-state index contributed by atoms with van der Waals surface area (Å²) in [6.07, 6.45) is 12.2. The molecule has 72 valence electrons. The molecule has 2 rings (SSSR count). The molecule has 0 radical (unpaired) electrons. The second-order valence-corrected chi connectivity index (χ2v) is 5.05. The monoisotopic (exact) mass is 195 g/mol. The van der Waals surface area contributed by atoms with Crippen LogP contribution in [0.25, 0.3) is 0 Å². The van der Waals surface area contributed by atoms with E-state index in [1.165, 1.54) is 53.1 Å². The van der Waals surface area contributed by atoms with Crippen LogP contribution in [0, 0.1) is 0 Å². The first-order chi connectivity index (χ1) is 6.47. The van der Waals surface area contributed by atoms with Gasteiger partial charge in [-0.1, -0.05) is 40.3 Å². The Morgan fingerprint density at radius 3 is 2.38 bits per heavy atom. The molecule has 1 heterocycles. The van der Waals surface area contributed by atoms with E-state index in [2.05, 4.69) is 17.0 Å². The van der Waals surface area contributed by atoms with Gasteiger partial charge in [0.1, 0.15) is 0 Å². The number of hydrogen-bond acceptors (Lipinski definition) is 0. The van der Waals surface area contributed by atoms with E-state index in [0.717, 1.165) is 5.92 Å². The van der Waals surface area contributed by atoms with Crippen LogP contribution in [0.1, 0.15) is 56.3 Å². The van der Waals surface area contributed by atoms with E-state index in [0.29, 0.717) is 0 Å². The number of H-pyrrole nitrogens is 1. The highest BCUT2D eigenvalue weighted by atomic mass is 31.0. The molecule has 0 saturated heterocycles. The largest absolute Gasteiger partial charge is 0.361 e. The van der Waals surface area contributed by atoms with Crippen LogP contribution in [0.2, 0.25) is 0 Å². The third kappa shape index (κ3) is 2.57. The smallest absolute Gasteiger partial charge is 0.0455 e. The van der Waals surface area contributed by atoms with E-state index < -0.39 is 0 Å². The van der Waals surface area contributed by atoms with Crippen molar-refractivity contribution in [3.8, 4) is 0 Å². The zero-order valence-corrected chi connectivity index (χ0v) is 9.02. The van der Waals surface area contributed by atoms with Crippen LogP contribution in [-0.4, -0.2) is 4.98 Å². The van der Waals surface area contributed by atoms with Gasteiger partial charge in [0, 0.05) is 17.5 Å². The Kier molecular flexibility index (Phi) is 3.43.